The highest BCUT2D eigenvalue weighted by atomic mass is 15.0. The van der Waals surface area contributed by atoms with Crippen LogP contribution in [0.5, 0.6) is 0 Å². The zero-order valence-electron chi connectivity index (χ0n) is 11.8. The predicted molar refractivity (Wildman–Crippen MR) is 76.2 cm³/mol. The Bertz CT molecular complexity index is 538. The number of nitrogens with zero attached hydrogens (tertiary/aromatic N) is 1. The fourth-order valence-electron chi connectivity index (χ4n) is 2.50. The maximum Gasteiger partial charge on any atom is 0.211 e. The first-order valence-electron chi connectivity index (χ1n) is 6.77. The van der Waals surface area contributed by atoms with E-state index in [9.17, 15) is 0 Å². The highest BCUT2D eigenvalue weighted by molar-refractivity contribution is 5.29. The van der Waals surface area contributed by atoms with Crippen LogP contribution in [0.4, 0.5) is 0 Å². The van der Waals surface area contributed by atoms with E-state index >= 15 is 0 Å². The van der Waals surface area contributed by atoms with Crippen LogP contribution >= 0.6 is 0 Å². The maximum absolute atomic E-state index is 2.35. The van der Waals surface area contributed by atoms with E-state index in [1.54, 1.807) is 0 Å². The number of pyridine rings is 1. The van der Waals surface area contributed by atoms with E-state index in [4.69, 9.17) is 0 Å². The number of hydrogen-bond donors (Lipinski definition) is 0. The molecule has 0 saturated heterocycles. The van der Waals surface area contributed by atoms with Gasteiger partial charge in [-0.15, -0.1) is 0 Å². The molecule has 18 heavy (non-hydrogen) atoms. The molecule has 0 radical (unpaired) electrons. The predicted octanol–water partition coefficient (Wildman–Crippen LogP) is 3.70. The van der Waals surface area contributed by atoms with Crippen molar-refractivity contribution in [1.29, 1.82) is 0 Å². The SMILES string of the molecule is CCc1ccc(-[n+]2c(C)cc(C)cc2CC)cc1. The van der Waals surface area contributed by atoms with Gasteiger partial charge in [-0.2, -0.15) is 4.57 Å². The minimum atomic E-state index is 1.05. The standard InChI is InChI=1S/C17H22N/c1-5-15-7-9-17(10-8-15)18-14(4)11-13(3)12-16(18)6-2/h7-12H,5-6H2,1-4H3/q+1. The lowest BCUT2D eigenvalue weighted by atomic mass is 10.1. The third-order valence-corrected chi connectivity index (χ3v) is 3.44. The minimum absolute atomic E-state index is 1.05. The molecule has 0 aliphatic carbocycles. The highest BCUT2D eigenvalue weighted by Crippen LogP contribution is 2.10. The highest BCUT2D eigenvalue weighted by Gasteiger charge is 2.16. The largest absolute Gasteiger partial charge is 0.211 e. The Morgan fingerprint density at radius 1 is 0.889 bits per heavy atom. The van der Waals surface area contributed by atoms with Crippen LogP contribution in [0.25, 0.3) is 5.69 Å². The number of hydrogen-bond acceptors (Lipinski definition) is 0. The lowest BCUT2D eigenvalue weighted by molar-refractivity contribution is -0.611. The molecule has 0 aliphatic heterocycles. The molecule has 0 N–H and O–H groups in total. The second-order valence-corrected chi connectivity index (χ2v) is 4.87. The van der Waals surface area contributed by atoms with Gasteiger partial charge >= 0.3 is 0 Å². The average molecular weight is 240 g/mol. The van der Waals surface area contributed by atoms with Crippen LogP contribution < -0.4 is 4.57 Å². The summed E-state index contributed by atoms with van der Waals surface area (Å²) in [6.45, 7) is 8.75. The zero-order chi connectivity index (χ0) is 13.1. The fraction of sp³-hybridized carbons (Fsp3) is 0.353. The van der Waals surface area contributed by atoms with Crippen molar-refractivity contribution in [3.63, 3.8) is 0 Å². The lowest BCUT2D eigenvalue weighted by Crippen LogP contribution is -2.38. The Hall–Kier alpha value is -1.63. The molecular formula is C17H22N+. The summed E-state index contributed by atoms with van der Waals surface area (Å²) >= 11 is 0. The van der Waals surface area contributed by atoms with Gasteiger partial charge in [0, 0.05) is 37.6 Å². The Balaban J connectivity index is 2.55. The summed E-state index contributed by atoms with van der Waals surface area (Å²) in [6.07, 6.45) is 2.15. The minimum Gasteiger partial charge on any atom is -0.162 e. The first-order chi connectivity index (χ1) is 8.65. The second-order valence-electron chi connectivity index (χ2n) is 4.87. The quantitative estimate of drug-likeness (QED) is 0.720. The summed E-state index contributed by atoms with van der Waals surface area (Å²) in [6, 6.07) is 13.4. The molecule has 0 fully saturated rings. The van der Waals surface area contributed by atoms with Gasteiger partial charge in [-0.1, -0.05) is 26.0 Å². The van der Waals surface area contributed by atoms with E-state index in [0.29, 0.717) is 0 Å². The van der Waals surface area contributed by atoms with Gasteiger partial charge in [-0.3, -0.25) is 0 Å². The van der Waals surface area contributed by atoms with Gasteiger partial charge < -0.3 is 0 Å². The molecule has 1 aromatic heterocycles. The third kappa shape index (κ3) is 2.45. The summed E-state index contributed by atoms with van der Waals surface area (Å²) < 4.78 is 2.35. The summed E-state index contributed by atoms with van der Waals surface area (Å²) in [5.41, 5.74) is 6.67. The van der Waals surface area contributed by atoms with Gasteiger partial charge in [0.05, 0.1) is 0 Å². The number of benzene rings is 1. The molecule has 0 bridgehead atoms. The normalized spacial score (nSPS) is 10.7. The molecule has 0 amide bonds. The molecular weight excluding hydrogens is 218 g/mol. The lowest BCUT2D eigenvalue weighted by Gasteiger charge is -2.07. The van der Waals surface area contributed by atoms with Gasteiger partial charge in [0.1, 0.15) is 0 Å². The van der Waals surface area contributed by atoms with Crippen molar-refractivity contribution >= 4 is 0 Å². The maximum atomic E-state index is 2.35. The van der Waals surface area contributed by atoms with Crippen molar-refractivity contribution < 1.29 is 4.57 Å². The average Bonchev–Trinajstić information content (AvgIpc) is 2.38. The van der Waals surface area contributed by atoms with Gasteiger partial charge in [0.2, 0.25) is 5.69 Å². The smallest absolute Gasteiger partial charge is 0.162 e. The molecule has 1 heteroatoms. The molecule has 2 rings (SSSR count). The van der Waals surface area contributed by atoms with E-state index in [-0.39, 0.29) is 0 Å². The zero-order valence-corrected chi connectivity index (χ0v) is 11.8. The number of rotatable bonds is 3. The molecule has 0 saturated carbocycles. The summed E-state index contributed by atoms with van der Waals surface area (Å²) in [5.74, 6) is 0. The van der Waals surface area contributed by atoms with E-state index in [0.717, 1.165) is 12.8 Å². The van der Waals surface area contributed by atoms with E-state index in [1.807, 2.05) is 0 Å². The summed E-state index contributed by atoms with van der Waals surface area (Å²) in [5, 5.41) is 0. The summed E-state index contributed by atoms with van der Waals surface area (Å²) in [7, 11) is 0. The van der Waals surface area contributed by atoms with Crippen LogP contribution in [0.3, 0.4) is 0 Å². The van der Waals surface area contributed by atoms with Gasteiger partial charge in [-0.25, -0.2) is 0 Å². The number of aryl methyl sites for hydroxylation is 4. The van der Waals surface area contributed by atoms with E-state index < -0.39 is 0 Å². The molecule has 1 aromatic carbocycles. The molecule has 0 spiro atoms. The Morgan fingerprint density at radius 2 is 1.56 bits per heavy atom. The molecule has 2 aromatic rings. The molecule has 1 nitrogen and oxygen atoms in total. The van der Waals surface area contributed by atoms with Crippen molar-refractivity contribution in [2.45, 2.75) is 40.5 Å². The Morgan fingerprint density at radius 3 is 2.11 bits per heavy atom. The van der Waals surface area contributed by atoms with Gasteiger partial charge in [0.15, 0.2) is 11.4 Å². The molecule has 0 atom stereocenters. The van der Waals surface area contributed by atoms with Crippen molar-refractivity contribution in [3.8, 4) is 5.69 Å². The fourth-order valence-corrected chi connectivity index (χ4v) is 2.50. The van der Waals surface area contributed by atoms with Gasteiger partial charge in [-0.05, 0) is 24.5 Å². The Labute approximate surface area is 110 Å². The van der Waals surface area contributed by atoms with Crippen LogP contribution in [0.15, 0.2) is 36.4 Å². The van der Waals surface area contributed by atoms with E-state index in [2.05, 4.69) is 68.7 Å². The van der Waals surface area contributed by atoms with Crippen molar-refractivity contribution in [2.24, 2.45) is 0 Å². The topological polar surface area (TPSA) is 3.88 Å². The van der Waals surface area contributed by atoms with Crippen molar-refractivity contribution in [2.75, 3.05) is 0 Å². The van der Waals surface area contributed by atoms with Gasteiger partial charge in [0.25, 0.3) is 0 Å². The molecule has 94 valence electrons. The third-order valence-electron chi connectivity index (χ3n) is 3.44. The monoisotopic (exact) mass is 240 g/mol. The molecule has 0 unspecified atom stereocenters. The molecule has 0 aliphatic rings. The Kier molecular flexibility index (Phi) is 3.81. The van der Waals surface area contributed by atoms with Crippen molar-refractivity contribution in [1.82, 2.24) is 0 Å². The number of aromatic nitrogens is 1. The first-order valence-corrected chi connectivity index (χ1v) is 6.77. The van der Waals surface area contributed by atoms with Crippen LogP contribution in [0.1, 0.15) is 36.4 Å². The van der Waals surface area contributed by atoms with E-state index in [1.165, 1.54) is 28.2 Å². The van der Waals surface area contributed by atoms with Crippen LogP contribution in [-0.4, -0.2) is 0 Å². The van der Waals surface area contributed by atoms with Crippen LogP contribution in [0.2, 0.25) is 0 Å². The second kappa shape index (κ2) is 5.34. The molecule has 1 heterocycles. The first kappa shape index (κ1) is 12.8. The van der Waals surface area contributed by atoms with Crippen molar-refractivity contribution in [3.05, 3.63) is 58.9 Å². The van der Waals surface area contributed by atoms with Crippen LogP contribution in [0, 0.1) is 13.8 Å². The summed E-state index contributed by atoms with van der Waals surface area (Å²) in [4.78, 5) is 0. The van der Waals surface area contributed by atoms with Crippen LogP contribution in [-0.2, 0) is 12.8 Å².